The third-order valence-corrected chi connectivity index (χ3v) is 4.42. The molecule has 0 unspecified atom stereocenters. The van der Waals surface area contributed by atoms with E-state index >= 15 is 0 Å². The third kappa shape index (κ3) is 3.31. The average molecular weight is 364 g/mol. The Labute approximate surface area is 157 Å². The maximum atomic E-state index is 12.6. The lowest BCUT2D eigenvalue weighted by atomic mass is 10.1. The molecule has 0 saturated carbocycles. The lowest BCUT2D eigenvalue weighted by Gasteiger charge is -2.12. The molecule has 0 atom stereocenters. The monoisotopic (exact) mass is 364 g/mol. The van der Waals surface area contributed by atoms with Crippen LogP contribution in [0.5, 0.6) is 11.5 Å². The first kappa shape index (κ1) is 17.0. The summed E-state index contributed by atoms with van der Waals surface area (Å²) in [6, 6.07) is 15.1. The second-order valence-electron chi connectivity index (χ2n) is 6.50. The van der Waals surface area contributed by atoms with Crippen LogP contribution in [0.25, 0.3) is 11.3 Å². The van der Waals surface area contributed by atoms with Crippen LogP contribution in [0, 0.1) is 0 Å². The van der Waals surface area contributed by atoms with Crippen molar-refractivity contribution >= 4 is 17.3 Å². The van der Waals surface area contributed by atoms with Crippen LogP contribution in [0.2, 0.25) is 0 Å². The Morgan fingerprint density at radius 1 is 1.07 bits per heavy atom. The smallest absolute Gasteiger partial charge is 0.276 e. The normalized spacial score (nSPS) is 12.1. The van der Waals surface area contributed by atoms with Gasteiger partial charge in [-0.05, 0) is 48.5 Å². The van der Waals surface area contributed by atoms with Crippen molar-refractivity contribution in [2.24, 2.45) is 7.05 Å². The van der Waals surface area contributed by atoms with E-state index in [0.29, 0.717) is 11.4 Å². The molecule has 0 radical (unpaired) electrons. The van der Waals surface area contributed by atoms with Crippen LogP contribution in [-0.4, -0.2) is 36.6 Å². The van der Waals surface area contributed by atoms with Crippen LogP contribution >= 0.6 is 0 Å². The predicted octanol–water partition coefficient (Wildman–Crippen LogP) is 3.13. The minimum Gasteiger partial charge on any atom is -0.454 e. The lowest BCUT2D eigenvalue weighted by molar-refractivity contribution is 0.102. The Kier molecular flexibility index (Phi) is 4.19. The number of amides is 1. The molecular formula is C20H20N4O3. The summed E-state index contributed by atoms with van der Waals surface area (Å²) in [7, 11) is 5.75. The lowest BCUT2D eigenvalue weighted by Crippen LogP contribution is -2.13. The summed E-state index contributed by atoms with van der Waals surface area (Å²) in [4.78, 5) is 14.6. The zero-order chi connectivity index (χ0) is 19.0. The molecule has 138 valence electrons. The van der Waals surface area contributed by atoms with E-state index in [1.165, 1.54) is 0 Å². The molecule has 1 aliphatic rings. The van der Waals surface area contributed by atoms with E-state index in [-0.39, 0.29) is 12.7 Å². The molecule has 7 heteroatoms. The maximum absolute atomic E-state index is 12.6. The Hall–Kier alpha value is -3.48. The van der Waals surface area contributed by atoms with Crippen LogP contribution in [0.3, 0.4) is 0 Å². The number of nitrogens with zero attached hydrogens (tertiary/aromatic N) is 3. The van der Waals surface area contributed by atoms with Crippen molar-refractivity contribution in [3.05, 3.63) is 54.2 Å². The van der Waals surface area contributed by atoms with Crippen molar-refractivity contribution in [3.8, 4) is 22.8 Å². The summed E-state index contributed by atoms with van der Waals surface area (Å²) in [5.74, 6) is 1.16. The number of nitrogens with one attached hydrogen (secondary N) is 1. The first-order chi connectivity index (χ1) is 13.0. The number of hydrogen-bond acceptors (Lipinski definition) is 5. The summed E-state index contributed by atoms with van der Waals surface area (Å²) in [6.07, 6.45) is 0. The molecule has 1 aliphatic heterocycles. The van der Waals surface area contributed by atoms with Crippen molar-refractivity contribution in [2.75, 3.05) is 31.1 Å². The Bertz CT molecular complexity index is 993. The Morgan fingerprint density at radius 3 is 2.56 bits per heavy atom. The van der Waals surface area contributed by atoms with Crippen LogP contribution in [-0.2, 0) is 7.05 Å². The first-order valence-electron chi connectivity index (χ1n) is 8.54. The van der Waals surface area contributed by atoms with E-state index in [2.05, 4.69) is 10.4 Å². The summed E-state index contributed by atoms with van der Waals surface area (Å²) in [6.45, 7) is 0.227. The predicted molar refractivity (Wildman–Crippen MR) is 103 cm³/mol. The van der Waals surface area contributed by atoms with E-state index in [1.54, 1.807) is 10.7 Å². The molecule has 2 heterocycles. The molecule has 7 nitrogen and oxygen atoms in total. The fourth-order valence-electron chi connectivity index (χ4n) is 2.94. The van der Waals surface area contributed by atoms with Crippen LogP contribution < -0.4 is 19.7 Å². The second kappa shape index (κ2) is 6.68. The van der Waals surface area contributed by atoms with Gasteiger partial charge in [-0.15, -0.1) is 0 Å². The minimum atomic E-state index is -0.254. The molecule has 0 aliphatic carbocycles. The maximum Gasteiger partial charge on any atom is 0.276 e. The van der Waals surface area contributed by atoms with Gasteiger partial charge in [-0.3, -0.25) is 9.48 Å². The number of hydrogen-bond donors (Lipinski definition) is 1. The van der Waals surface area contributed by atoms with Gasteiger partial charge in [0.2, 0.25) is 6.79 Å². The molecule has 3 aromatic rings. The van der Waals surface area contributed by atoms with Gasteiger partial charge in [0.15, 0.2) is 17.2 Å². The number of fused-ring (bicyclic) bond motifs is 1. The Morgan fingerprint density at radius 2 is 1.81 bits per heavy atom. The number of benzene rings is 2. The number of ether oxygens (including phenoxy) is 2. The number of aromatic nitrogens is 2. The highest BCUT2D eigenvalue weighted by Crippen LogP contribution is 2.36. The molecule has 0 spiro atoms. The van der Waals surface area contributed by atoms with Crippen molar-refractivity contribution in [1.29, 1.82) is 0 Å². The van der Waals surface area contributed by atoms with Crippen LogP contribution in [0.15, 0.2) is 48.5 Å². The number of carbonyl (C=O) groups excluding carboxylic acids is 1. The van der Waals surface area contributed by atoms with E-state index < -0.39 is 0 Å². The van der Waals surface area contributed by atoms with Gasteiger partial charge >= 0.3 is 0 Å². The van der Waals surface area contributed by atoms with Crippen molar-refractivity contribution < 1.29 is 14.3 Å². The SMILES string of the molecule is CN(C)c1ccc(NC(=O)c2cc(-c3ccc4c(c3)OCO4)n(C)n2)cc1. The molecule has 1 aromatic heterocycles. The molecule has 4 rings (SSSR count). The second-order valence-corrected chi connectivity index (χ2v) is 6.50. The summed E-state index contributed by atoms with van der Waals surface area (Å²) >= 11 is 0. The third-order valence-electron chi connectivity index (χ3n) is 4.42. The Balaban J connectivity index is 1.54. The van der Waals surface area contributed by atoms with Gasteiger partial charge in [0.25, 0.3) is 5.91 Å². The topological polar surface area (TPSA) is 68.6 Å². The highest BCUT2D eigenvalue weighted by atomic mass is 16.7. The molecule has 0 saturated heterocycles. The number of anilines is 2. The highest BCUT2D eigenvalue weighted by molar-refractivity contribution is 6.03. The van der Waals surface area contributed by atoms with Crippen molar-refractivity contribution in [2.45, 2.75) is 0 Å². The van der Waals surface area contributed by atoms with Gasteiger partial charge in [-0.2, -0.15) is 5.10 Å². The van der Waals surface area contributed by atoms with E-state index in [4.69, 9.17) is 9.47 Å². The van der Waals surface area contributed by atoms with Crippen molar-refractivity contribution in [3.63, 3.8) is 0 Å². The number of aryl methyl sites for hydroxylation is 1. The fourth-order valence-corrected chi connectivity index (χ4v) is 2.94. The van der Waals surface area contributed by atoms with Gasteiger partial charge in [0, 0.05) is 38.1 Å². The standard InChI is InChI=1S/C20H20N4O3/c1-23(2)15-7-5-14(6-8-15)21-20(25)16-11-17(24(3)22-16)13-4-9-18-19(10-13)27-12-26-18/h4-11H,12H2,1-3H3,(H,21,25). The van der Waals surface area contributed by atoms with Gasteiger partial charge < -0.3 is 19.7 Å². The van der Waals surface area contributed by atoms with Crippen LogP contribution in [0.4, 0.5) is 11.4 Å². The average Bonchev–Trinajstić information content (AvgIpc) is 3.27. The molecule has 27 heavy (non-hydrogen) atoms. The van der Waals surface area contributed by atoms with Crippen LogP contribution in [0.1, 0.15) is 10.5 Å². The summed E-state index contributed by atoms with van der Waals surface area (Å²) < 4.78 is 12.4. The molecular weight excluding hydrogens is 344 g/mol. The zero-order valence-corrected chi connectivity index (χ0v) is 15.4. The highest BCUT2D eigenvalue weighted by Gasteiger charge is 2.18. The first-order valence-corrected chi connectivity index (χ1v) is 8.54. The van der Waals surface area contributed by atoms with E-state index in [0.717, 1.165) is 28.4 Å². The van der Waals surface area contributed by atoms with E-state index in [9.17, 15) is 4.79 Å². The fraction of sp³-hybridized carbons (Fsp3) is 0.200. The van der Waals surface area contributed by atoms with Gasteiger partial charge in [0.1, 0.15) is 0 Å². The van der Waals surface area contributed by atoms with Crippen molar-refractivity contribution in [1.82, 2.24) is 9.78 Å². The summed E-state index contributed by atoms with van der Waals surface area (Å²) in [5.41, 5.74) is 3.86. The molecule has 0 bridgehead atoms. The number of rotatable bonds is 4. The number of carbonyl (C=O) groups is 1. The van der Waals surface area contributed by atoms with Gasteiger partial charge in [-0.1, -0.05) is 0 Å². The molecule has 0 fully saturated rings. The minimum absolute atomic E-state index is 0.227. The molecule has 2 aromatic carbocycles. The zero-order valence-electron chi connectivity index (χ0n) is 15.4. The summed E-state index contributed by atoms with van der Waals surface area (Å²) in [5, 5.41) is 7.23. The van der Waals surface area contributed by atoms with E-state index in [1.807, 2.05) is 68.5 Å². The largest absolute Gasteiger partial charge is 0.454 e. The molecule has 1 N–H and O–H groups in total. The van der Waals surface area contributed by atoms with Gasteiger partial charge in [-0.25, -0.2) is 0 Å². The quantitative estimate of drug-likeness (QED) is 0.770. The van der Waals surface area contributed by atoms with Gasteiger partial charge in [0.05, 0.1) is 5.69 Å². The molecule has 1 amide bonds.